The van der Waals surface area contributed by atoms with Crippen molar-refractivity contribution in [2.45, 2.75) is 32.8 Å². The molecule has 2 aromatic heterocycles. The topological polar surface area (TPSA) is 55.2 Å². The number of aromatic hydroxyl groups is 1. The van der Waals surface area contributed by atoms with Gasteiger partial charge in [-0.25, -0.2) is 0 Å². The number of nitrogens with zero attached hydrogens (tertiary/aromatic N) is 2. The molecule has 0 bridgehead atoms. The monoisotopic (exact) mass is 348 g/mol. The van der Waals surface area contributed by atoms with Gasteiger partial charge in [-0.15, -0.1) is 0 Å². The molecule has 0 aliphatic rings. The minimum Gasteiger partial charge on any atom is -0.506 e. The van der Waals surface area contributed by atoms with Gasteiger partial charge in [0.05, 0.1) is 17.6 Å². The molecule has 0 radical (unpaired) electrons. The van der Waals surface area contributed by atoms with Gasteiger partial charge in [-0.2, -0.15) is 0 Å². The summed E-state index contributed by atoms with van der Waals surface area (Å²) in [5.74, 6) is 1.32. The Morgan fingerprint density at radius 1 is 1.00 bits per heavy atom. The van der Waals surface area contributed by atoms with E-state index in [1.54, 1.807) is 12.3 Å². The maximum Gasteiger partial charge on any atom is 0.133 e. The van der Waals surface area contributed by atoms with Crippen molar-refractivity contribution in [3.63, 3.8) is 0 Å². The summed E-state index contributed by atoms with van der Waals surface area (Å²) in [5.41, 5.74) is 2.74. The van der Waals surface area contributed by atoms with Gasteiger partial charge in [-0.1, -0.05) is 32.0 Å². The molecule has 0 aliphatic carbocycles. The van der Waals surface area contributed by atoms with E-state index in [-0.39, 0.29) is 11.2 Å². The van der Waals surface area contributed by atoms with Crippen molar-refractivity contribution >= 4 is 0 Å². The fraction of sp³-hybridized carbons (Fsp3) is 0.273. The first-order chi connectivity index (χ1) is 12.5. The zero-order valence-electron chi connectivity index (χ0n) is 15.4. The minimum absolute atomic E-state index is 0.179. The third kappa shape index (κ3) is 3.69. The van der Waals surface area contributed by atoms with Crippen LogP contribution in [-0.4, -0.2) is 15.1 Å². The van der Waals surface area contributed by atoms with E-state index in [0.717, 1.165) is 22.7 Å². The third-order valence-electron chi connectivity index (χ3n) is 5.00. The average Bonchev–Trinajstić information content (AvgIpc) is 2.67. The summed E-state index contributed by atoms with van der Waals surface area (Å²) in [6, 6.07) is 17.5. The average molecular weight is 348 g/mol. The van der Waals surface area contributed by atoms with Crippen molar-refractivity contribution in [2.75, 3.05) is 0 Å². The molecule has 1 N–H and O–H groups in total. The van der Waals surface area contributed by atoms with Crippen LogP contribution in [0.3, 0.4) is 0 Å². The normalized spacial score (nSPS) is 13.4. The highest BCUT2D eigenvalue weighted by molar-refractivity contribution is 5.39. The number of benzene rings is 1. The number of rotatable bonds is 6. The molecule has 0 fully saturated rings. The van der Waals surface area contributed by atoms with Crippen molar-refractivity contribution < 1.29 is 9.84 Å². The summed E-state index contributed by atoms with van der Waals surface area (Å²) in [6.45, 7) is 6.99. The smallest absolute Gasteiger partial charge is 0.133 e. The van der Waals surface area contributed by atoms with Crippen LogP contribution >= 0.6 is 0 Å². The first-order valence-corrected chi connectivity index (χ1v) is 8.79. The van der Waals surface area contributed by atoms with Crippen LogP contribution in [-0.2, 0) is 12.0 Å². The van der Waals surface area contributed by atoms with Gasteiger partial charge in [0.2, 0.25) is 0 Å². The number of pyridine rings is 2. The van der Waals surface area contributed by atoms with E-state index in [0.29, 0.717) is 12.5 Å². The van der Waals surface area contributed by atoms with E-state index >= 15 is 0 Å². The fourth-order valence-corrected chi connectivity index (χ4v) is 3.01. The van der Waals surface area contributed by atoms with E-state index in [4.69, 9.17) is 4.74 Å². The zero-order valence-corrected chi connectivity index (χ0v) is 15.4. The van der Waals surface area contributed by atoms with Crippen LogP contribution in [0.2, 0.25) is 0 Å². The molecular weight excluding hydrogens is 324 g/mol. The molecule has 1 atom stereocenters. The Bertz CT molecular complexity index is 830. The molecule has 0 amide bonds. The Labute approximate surface area is 154 Å². The molecule has 0 aliphatic heterocycles. The second-order valence-corrected chi connectivity index (χ2v) is 6.89. The first kappa shape index (κ1) is 17.9. The first-order valence-electron chi connectivity index (χ1n) is 8.79. The molecule has 4 heteroatoms. The zero-order chi connectivity index (χ0) is 18.6. The fourth-order valence-electron chi connectivity index (χ4n) is 3.01. The molecule has 0 spiro atoms. The van der Waals surface area contributed by atoms with Crippen LogP contribution < -0.4 is 4.74 Å². The molecule has 134 valence electrons. The van der Waals surface area contributed by atoms with Gasteiger partial charge in [-0.05, 0) is 54.8 Å². The number of aromatic nitrogens is 2. The van der Waals surface area contributed by atoms with E-state index in [2.05, 4.69) is 42.9 Å². The molecule has 4 nitrogen and oxygen atoms in total. The van der Waals surface area contributed by atoms with Crippen LogP contribution in [0, 0.1) is 5.92 Å². The SMILES string of the molecule is CC(C)C(C)(c1ccc(OCc2ccccn2)cc1)c1ccc(O)cn1. The summed E-state index contributed by atoms with van der Waals surface area (Å²) in [6.07, 6.45) is 3.26. The van der Waals surface area contributed by atoms with E-state index in [1.165, 1.54) is 6.20 Å². The molecule has 0 saturated heterocycles. The lowest BCUT2D eigenvalue weighted by Gasteiger charge is -2.34. The van der Waals surface area contributed by atoms with Crippen LogP contribution in [0.4, 0.5) is 0 Å². The molecule has 3 rings (SSSR count). The Hall–Kier alpha value is -2.88. The molecular formula is C22H24N2O2. The Kier molecular flexibility index (Phi) is 5.21. The van der Waals surface area contributed by atoms with Gasteiger partial charge in [0.15, 0.2) is 0 Å². The van der Waals surface area contributed by atoms with Crippen LogP contribution in [0.25, 0.3) is 0 Å². The van der Waals surface area contributed by atoms with E-state index in [9.17, 15) is 5.11 Å². The lowest BCUT2D eigenvalue weighted by Crippen LogP contribution is -2.31. The lowest BCUT2D eigenvalue weighted by atomic mass is 9.71. The summed E-state index contributed by atoms with van der Waals surface area (Å²) in [7, 11) is 0. The molecule has 26 heavy (non-hydrogen) atoms. The largest absolute Gasteiger partial charge is 0.506 e. The van der Waals surface area contributed by atoms with Gasteiger partial charge in [0, 0.05) is 11.6 Å². The maximum atomic E-state index is 9.54. The van der Waals surface area contributed by atoms with Crippen LogP contribution in [0.5, 0.6) is 11.5 Å². The van der Waals surface area contributed by atoms with Crippen LogP contribution in [0.1, 0.15) is 37.7 Å². The predicted octanol–water partition coefficient (Wildman–Crippen LogP) is 4.72. The molecule has 1 aromatic carbocycles. The Morgan fingerprint density at radius 2 is 1.77 bits per heavy atom. The standard InChI is InChI=1S/C22H24N2O2/c1-16(2)22(3,21-12-9-19(25)14-24-21)17-7-10-20(11-8-17)26-15-18-6-4-5-13-23-18/h4-14,16,25H,15H2,1-3H3. The van der Waals surface area contributed by atoms with E-state index in [1.807, 2.05) is 36.4 Å². The van der Waals surface area contributed by atoms with Gasteiger partial charge < -0.3 is 9.84 Å². The second kappa shape index (κ2) is 7.56. The third-order valence-corrected chi connectivity index (χ3v) is 5.00. The highest BCUT2D eigenvalue weighted by Gasteiger charge is 2.33. The van der Waals surface area contributed by atoms with Crippen molar-refractivity contribution in [1.82, 2.24) is 9.97 Å². The molecule has 2 heterocycles. The second-order valence-electron chi connectivity index (χ2n) is 6.89. The highest BCUT2D eigenvalue weighted by atomic mass is 16.5. The quantitative estimate of drug-likeness (QED) is 0.700. The van der Waals surface area contributed by atoms with Crippen molar-refractivity contribution in [3.05, 3.63) is 83.9 Å². The number of ether oxygens (including phenoxy) is 1. The van der Waals surface area contributed by atoms with Gasteiger partial charge in [-0.3, -0.25) is 9.97 Å². The molecule has 3 aromatic rings. The number of hydrogen-bond acceptors (Lipinski definition) is 4. The summed E-state index contributed by atoms with van der Waals surface area (Å²) >= 11 is 0. The summed E-state index contributed by atoms with van der Waals surface area (Å²) < 4.78 is 5.83. The predicted molar refractivity (Wildman–Crippen MR) is 102 cm³/mol. The van der Waals surface area contributed by atoms with Crippen molar-refractivity contribution in [1.29, 1.82) is 0 Å². The number of hydrogen-bond donors (Lipinski definition) is 1. The highest BCUT2D eigenvalue weighted by Crippen LogP contribution is 2.38. The van der Waals surface area contributed by atoms with Gasteiger partial charge in [0.1, 0.15) is 18.1 Å². The van der Waals surface area contributed by atoms with E-state index < -0.39 is 0 Å². The lowest BCUT2D eigenvalue weighted by molar-refractivity contribution is 0.301. The van der Waals surface area contributed by atoms with Crippen molar-refractivity contribution in [3.8, 4) is 11.5 Å². The summed E-state index contributed by atoms with van der Waals surface area (Å²) in [4.78, 5) is 8.72. The van der Waals surface area contributed by atoms with Crippen LogP contribution in [0.15, 0.2) is 67.0 Å². The Balaban J connectivity index is 1.81. The summed E-state index contributed by atoms with van der Waals surface area (Å²) in [5, 5.41) is 9.54. The maximum absolute atomic E-state index is 9.54. The minimum atomic E-state index is -0.257. The van der Waals surface area contributed by atoms with Crippen molar-refractivity contribution in [2.24, 2.45) is 5.92 Å². The Morgan fingerprint density at radius 3 is 2.35 bits per heavy atom. The molecule has 0 saturated carbocycles. The van der Waals surface area contributed by atoms with Gasteiger partial charge >= 0.3 is 0 Å². The van der Waals surface area contributed by atoms with Gasteiger partial charge in [0.25, 0.3) is 0 Å². The molecule has 1 unspecified atom stereocenters.